The number of nitrogens with zero attached hydrogens (tertiary/aromatic N) is 5. The fourth-order valence-electron chi connectivity index (χ4n) is 2.54. The van der Waals surface area contributed by atoms with Crippen molar-refractivity contribution in [1.29, 1.82) is 0 Å². The van der Waals surface area contributed by atoms with Crippen molar-refractivity contribution in [2.45, 2.75) is 19.1 Å². The molecule has 3 aromatic rings. The molecule has 11 nitrogen and oxygen atoms in total. The molecule has 0 fully saturated rings. The minimum absolute atomic E-state index is 0.0136. The molecule has 15 heteroatoms. The third-order valence-electron chi connectivity index (χ3n) is 4.03. The summed E-state index contributed by atoms with van der Waals surface area (Å²) in [6.07, 6.45) is -2.57. The molecule has 182 valence electrons. The van der Waals surface area contributed by atoms with Crippen molar-refractivity contribution >= 4 is 34.6 Å². The van der Waals surface area contributed by atoms with E-state index >= 15 is 0 Å². The van der Waals surface area contributed by atoms with Crippen molar-refractivity contribution in [3.8, 4) is 6.01 Å². The first-order valence-electron chi connectivity index (χ1n) is 9.99. The monoisotopic (exact) mass is 497 g/mol. The highest BCUT2D eigenvalue weighted by Gasteiger charge is 2.26. The highest BCUT2D eigenvalue weighted by molar-refractivity contribution is 7.14. The van der Waals surface area contributed by atoms with E-state index in [1.165, 1.54) is 12.3 Å². The fraction of sp³-hybridized carbons (Fsp3) is 0.316. The Bertz CT molecular complexity index is 1080. The Labute approximate surface area is 195 Å². The van der Waals surface area contributed by atoms with Crippen LogP contribution in [0.4, 0.5) is 30.6 Å². The Balaban J connectivity index is 1.42. The number of hydrogen-bond acceptors (Lipinski definition) is 9. The lowest BCUT2D eigenvalue weighted by molar-refractivity contribution is -0.118. The van der Waals surface area contributed by atoms with Crippen LogP contribution in [0.2, 0.25) is 0 Å². The molecule has 2 aromatic heterocycles. The Morgan fingerprint density at radius 2 is 1.85 bits per heavy atom. The average molecular weight is 498 g/mol. The van der Waals surface area contributed by atoms with Gasteiger partial charge in [0, 0.05) is 28.0 Å². The number of benzene rings is 1. The first kappa shape index (κ1) is 24.9. The number of ether oxygens (including phenoxy) is 1. The lowest BCUT2D eigenvalue weighted by Gasteiger charge is -2.09. The van der Waals surface area contributed by atoms with Gasteiger partial charge >= 0.3 is 12.2 Å². The van der Waals surface area contributed by atoms with Crippen LogP contribution in [0.1, 0.15) is 12.0 Å². The maximum absolute atomic E-state index is 12.2. The molecular weight excluding hydrogens is 475 g/mol. The van der Waals surface area contributed by atoms with Gasteiger partial charge in [-0.15, -0.1) is 0 Å². The van der Waals surface area contributed by atoms with Crippen LogP contribution in [0.25, 0.3) is 0 Å². The summed E-state index contributed by atoms with van der Waals surface area (Å²) in [7, 11) is 0. The molecule has 1 unspecified atom stereocenters. The lowest BCUT2D eigenvalue weighted by atomic mass is 10.2. The highest BCUT2D eigenvalue weighted by atomic mass is 32.2. The van der Waals surface area contributed by atoms with E-state index < -0.39 is 29.8 Å². The van der Waals surface area contributed by atoms with Crippen molar-refractivity contribution in [1.82, 2.24) is 18.7 Å². The van der Waals surface area contributed by atoms with Gasteiger partial charge in [-0.05, 0) is 18.1 Å². The minimum Gasteiger partial charge on any atom is -0.546 e. The van der Waals surface area contributed by atoms with E-state index in [0.29, 0.717) is 31.1 Å². The number of aliphatic imine (C=N–C) groups is 1. The lowest BCUT2D eigenvalue weighted by Crippen LogP contribution is -2.26. The maximum atomic E-state index is 12.2. The second-order valence-corrected chi connectivity index (χ2v) is 7.57. The summed E-state index contributed by atoms with van der Waals surface area (Å²) in [5.74, 6) is 0.513. The van der Waals surface area contributed by atoms with Crippen molar-refractivity contribution in [2.24, 2.45) is 10.7 Å². The van der Waals surface area contributed by atoms with Gasteiger partial charge in [-0.25, -0.2) is 9.98 Å². The molecule has 5 N–H and O–H groups in total. The molecule has 0 spiro atoms. The third kappa shape index (κ3) is 8.67. The van der Waals surface area contributed by atoms with Gasteiger partial charge in [0.05, 0.1) is 6.61 Å². The van der Waals surface area contributed by atoms with Crippen LogP contribution >= 0.6 is 11.1 Å². The number of hydrogen-bond donors (Lipinski definition) is 4. The van der Waals surface area contributed by atoms with Crippen LogP contribution in [-0.2, 0) is 6.54 Å². The number of alkyl halides is 3. The molecule has 0 aliphatic rings. The van der Waals surface area contributed by atoms with E-state index in [1.54, 1.807) is 0 Å². The Hall–Kier alpha value is -3.72. The van der Waals surface area contributed by atoms with Crippen LogP contribution in [0.3, 0.4) is 0 Å². The predicted octanol–water partition coefficient (Wildman–Crippen LogP) is 2.78. The molecule has 0 amide bonds. The van der Waals surface area contributed by atoms with Gasteiger partial charge in [-0.1, -0.05) is 30.3 Å². The summed E-state index contributed by atoms with van der Waals surface area (Å²) < 4.78 is 61.6. The van der Waals surface area contributed by atoms with Crippen molar-refractivity contribution in [3.63, 3.8) is 0 Å². The third-order valence-corrected chi connectivity index (χ3v) is 4.71. The zero-order chi connectivity index (χ0) is 24.4. The molecule has 0 bridgehead atoms. The van der Waals surface area contributed by atoms with Crippen molar-refractivity contribution in [2.75, 3.05) is 35.6 Å². The molecule has 3 rings (SSSR count). The SMILES string of the molecule is N/C(=N/CC(F)(F)F)Nc1ccnc(OCCCNc2n[s+]([O-])nc2NCc2ccccc2)n1. The number of rotatable bonds is 11. The Morgan fingerprint density at radius 3 is 2.59 bits per heavy atom. The van der Waals surface area contributed by atoms with Gasteiger partial charge in [0.1, 0.15) is 12.4 Å². The van der Waals surface area contributed by atoms with Crippen LogP contribution in [0.5, 0.6) is 6.01 Å². The standard InChI is InChI=1S/C19H22F3N9O2S/c20-19(21,22)12-27-17(23)28-14-7-9-25-18(29-14)33-10-4-8-24-15-16(31-34(32)30-15)26-11-13-5-2-1-3-6-13/h1-3,5-7,9H,4,8,10-12H2,(H,24,30)(H,26,31)(H3,23,25,27,28,29). The first-order chi connectivity index (χ1) is 16.3. The number of halogens is 3. The quantitative estimate of drug-likeness (QED) is 0.134. The zero-order valence-corrected chi connectivity index (χ0v) is 18.6. The van der Waals surface area contributed by atoms with Gasteiger partial charge in [-0.2, -0.15) is 18.2 Å². The van der Waals surface area contributed by atoms with E-state index in [0.717, 1.165) is 5.56 Å². The predicted molar refractivity (Wildman–Crippen MR) is 121 cm³/mol. The molecule has 0 saturated heterocycles. The summed E-state index contributed by atoms with van der Waals surface area (Å²) in [6.45, 7) is -0.223. The normalized spacial score (nSPS) is 12.4. The Morgan fingerprint density at radius 1 is 1.12 bits per heavy atom. The van der Waals surface area contributed by atoms with Gasteiger partial charge in [0.25, 0.3) is 0 Å². The van der Waals surface area contributed by atoms with E-state index in [-0.39, 0.29) is 18.4 Å². The van der Waals surface area contributed by atoms with Crippen LogP contribution in [0.15, 0.2) is 47.6 Å². The van der Waals surface area contributed by atoms with E-state index in [2.05, 4.69) is 39.7 Å². The zero-order valence-electron chi connectivity index (χ0n) is 17.7. The molecule has 1 aromatic carbocycles. The van der Waals surface area contributed by atoms with Crippen molar-refractivity contribution < 1.29 is 22.5 Å². The summed E-state index contributed by atoms with van der Waals surface area (Å²) >= 11 is -1.68. The van der Waals surface area contributed by atoms with Gasteiger partial charge in [-0.3, -0.25) is 0 Å². The molecule has 1 atom stereocenters. The second-order valence-electron chi connectivity index (χ2n) is 6.74. The minimum atomic E-state index is -4.45. The molecule has 0 radical (unpaired) electrons. The van der Waals surface area contributed by atoms with Gasteiger partial charge in [0.2, 0.25) is 11.6 Å². The topological polar surface area (TPSA) is 158 Å². The molecule has 0 aliphatic heterocycles. The maximum Gasteiger partial charge on any atom is 0.408 e. The van der Waals surface area contributed by atoms with E-state index in [4.69, 9.17) is 10.5 Å². The number of aromatic nitrogens is 4. The van der Waals surface area contributed by atoms with Crippen molar-refractivity contribution in [3.05, 3.63) is 48.2 Å². The van der Waals surface area contributed by atoms with Crippen LogP contribution in [0, 0.1) is 0 Å². The molecule has 0 aliphatic carbocycles. The Kier molecular flexibility index (Phi) is 8.75. The van der Waals surface area contributed by atoms with Crippen LogP contribution < -0.4 is 26.4 Å². The summed E-state index contributed by atoms with van der Waals surface area (Å²) in [4.78, 5) is 11.1. The average Bonchev–Trinajstić information content (AvgIpc) is 3.16. The molecule has 2 heterocycles. The number of nitrogens with two attached hydrogens (primary N) is 1. The first-order valence-corrected chi connectivity index (χ1v) is 11.1. The molecular formula is C19H22F3N9O2S. The largest absolute Gasteiger partial charge is 0.546 e. The van der Waals surface area contributed by atoms with Gasteiger partial charge in [0.15, 0.2) is 17.1 Å². The molecule has 34 heavy (non-hydrogen) atoms. The number of anilines is 3. The summed E-state index contributed by atoms with van der Waals surface area (Å²) in [5.41, 5.74) is 6.46. The van der Waals surface area contributed by atoms with E-state index in [1.807, 2.05) is 30.3 Å². The second kappa shape index (κ2) is 11.9. The van der Waals surface area contributed by atoms with Gasteiger partial charge < -0.3 is 31.0 Å². The molecule has 0 saturated carbocycles. The van der Waals surface area contributed by atoms with Crippen LogP contribution in [-0.4, -0.2) is 55.1 Å². The summed E-state index contributed by atoms with van der Waals surface area (Å²) in [5, 5.41) is 8.61. The smallest absolute Gasteiger partial charge is 0.408 e. The summed E-state index contributed by atoms with van der Waals surface area (Å²) in [6, 6.07) is 11.1. The fourth-order valence-corrected chi connectivity index (χ4v) is 3.20. The highest BCUT2D eigenvalue weighted by Crippen LogP contribution is 2.23. The number of guanidine groups is 1. The number of nitrogens with one attached hydrogen (secondary N) is 3. The van der Waals surface area contributed by atoms with E-state index in [9.17, 15) is 17.7 Å².